The predicted octanol–water partition coefficient (Wildman–Crippen LogP) is 2.87. The minimum atomic E-state index is 0.164. The lowest BCUT2D eigenvalue weighted by atomic mass is 10.0. The Kier molecular flexibility index (Phi) is 2.58. The first-order chi connectivity index (χ1) is 9.33. The first-order valence-corrected chi connectivity index (χ1v) is 7.80. The Bertz CT molecular complexity index is 669. The third-order valence-corrected chi connectivity index (χ3v) is 5.28. The molecule has 1 aliphatic carbocycles. The molecule has 1 unspecified atom stereocenters. The summed E-state index contributed by atoms with van der Waals surface area (Å²) < 4.78 is 3.78. The maximum Gasteiger partial charge on any atom is 0.328 e. The third kappa shape index (κ3) is 1.94. The molecule has 0 N–H and O–H groups in total. The van der Waals surface area contributed by atoms with Gasteiger partial charge in [-0.2, -0.15) is 0 Å². The van der Waals surface area contributed by atoms with Crippen LogP contribution in [0, 0.1) is 0 Å². The van der Waals surface area contributed by atoms with Gasteiger partial charge in [-0.1, -0.05) is 18.2 Å². The van der Waals surface area contributed by atoms with Gasteiger partial charge >= 0.3 is 5.69 Å². The zero-order chi connectivity index (χ0) is 12.8. The van der Waals surface area contributed by atoms with Crippen molar-refractivity contribution in [2.75, 3.05) is 5.75 Å². The molecule has 4 rings (SSSR count). The van der Waals surface area contributed by atoms with Crippen LogP contribution in [0.3, 0.4) is 0 Å². The van der Waals surface area contributed by atoms with Gasteiger partial charge in [0.2, 0.25) is 0 Å². The van der Waals surface area contributed by atoms with Crippen LogP contribution in [0.25, 0.3) is 0 Å². The van der Waals surface area contributed by atoms with Crippen LogP contribution in [-0.4, -0.2) is 14.9 Å². The van der Waals surface area contributed by atoms with Crippen molar-refractivity contribution >= 4 is 11.8 Å². The van der Waals surface area contributed by atoms with Gasteiger partial charge in [-0.3, -0.25) is 9.13 Å². The van der Waals surface area contributed by atoms with E-state index >= 15 is 0 Å². The highest BCUT2D eigenvalue weighted by Gasteiger charge is 2.27. The molecule has 3 nitrogen and oxygen atoms in total. The van der Waals surface area contributed by atoms with Gasteiger partial charge in [0.15, 0.2) is 0 Å². The summed E-state index contributed by atoms with van der Waals surface area (Å²) in [5.41, 5.74) is 1.57. The monoisotopic (exact) mass is 272 g/mol. The predicted molar refractivity (Wildman–Crippen MR) is 76.9 cm³/mol. The van der Waals surface area contributed by atoms with Crippen LogP contribution in [0.15, 0.2) is 46.3 Å². The van der Waals surface area contributed by atoms with Gasteiger partial charge in [-0.05, 0) is 24.5 Å². The Morgan fingerprint density at radius 1 is 1.21 bits per heavy atom. The van der Waals surface area contributed by atoms with Gasteiger partial charge in [0.25, 0.3) is 0 Å². The van der Waals surface area contributed by atoms with Crippen molar-refractivity contribution in [2.45, 2.75) is 36.2 Å². The molecule has 19 heavy (non-hydrogen) atoms. The Labute approximate surface area is 116 Å². The lowest BCUT2D eigenvalue weighted by Crippen LogP contribution is -2.25. The van der Waals surface area contributed by atoms with Crippen molar-refractivity contribution in [3.05, 3.63) is 52.7 Å². The maximum atomic E-state index is 12.3. The number of hydrogen-bond donors (Lipinski definition) is 0. The van der Waals surface area contributed by atoms with E-state index < -0.39 is 0 Å². The fourth-order valence-corrected chi connectivity index (χ4v) is 4.06. The molecule has 0 amide bonds. The van der Waals surface area contributed by atoms with Crippen molar-refractivity contribution in [1.82, 2.24) is 9.13 Å². The zero-order valence-electron chi connectivity index (χ0n) is 10.7. The number of nitrogens with zero attached hydrogens (tertiary/aromatic N) is 2. The summed E-state index contributed by atoms with van der Waals surface area (Å²) in [5, 5.41) is 0. The van der Waals surface area contributed by atoms with E-state index in [-0.39, 0.29) is 5.69 Å². The van der Waals surface area contributed by atoms with Gasteiger partial charge in [0.1, 0.15) is 0 Å². The second-order valence-corrected chi connectivity index (χ2v) is 6.48. The Balaban J connectivity index is 1.61. The van der Waals surface area contributed by atoms with E-state index in [9.17, 15) is 4.79 Å². The summed E-state index contributed by atoms with van der Waals surface area (Å²) in [4.78, 5) is 13.6. The van der Waals surface area contributed by atoms with Crippen molar-refractivity contribution in [2.24, 2.45) is 0 Å². The summed E-state index contributed by atoms with van der Waals surface area (Å²) in [6, 6.07) is 9.03. The molecule has 0 saturated heterocycles. The van der Waals surface area contributed by atoms with Gasteiger partial charge < -0.3 is 0 Å². The molecule has 1 aliphatic heterocycles. The van der Waals surface area contributed by atoms with Gasteiger partial charge in [-0.25, -0.2) is 4.79 Å². The fraction of sp³-hybridized carbons (Fsp3) is 0.400. The third-order valence-electron chi connectivity index (χ3n) is 4.03. The van der Waals surface area contributed by atoms with E-state index in [1.54, 1.807) is 0 Å². The van der Waals surface area contributed by atoms with E-state index in [1.165, 1.54) is 10.5 Å². The van der Waals surface area contributed by atoms with Crippen molar-refractivity contribution in [3.63, 3.8) is 0 Å². The molecule has 0 bridgehead atoms. The smallest absolute Gasteiger partial charge is 0.299 e. The summed E-state index contributed by atoms with van der Waals surface area (Å²) in [6.07, 6.45) is 6.22. The van der Waals surface area contributed by atoms with Crippen LogP contribution < -0.4 is 5.69 Å². The highest BCUT2D eigenvalue weighted by Crippen LogP contribution is 2.40. The Morgan fingerprint density at radius 3 is 2.89 bits per heavy atom. The van der Waals surface area contributed by atoms with E-state index in [0.717, 1.165) is 25.1 Å². The van der Waals surface area contributed by atoms with Gasteiger partial charge in [-0.15, -0.1) is 11.8 Å². The van der Waals surface area contributed by atoms with Crippen LogP contribution in [0.5, 0.6) is 0 Å². The maximum absolute atomic E-state index is 12.3. The fourth-order valence-electron chi connectivity index (χ4n) is 2.82. The first kappa shape index (κ1) is 11.4. The highest BCUT2D eigenvalue weighted by atomic mass is 32.2. The number of benzene rings is 1. The Hall–Kier alpha value is -1.42. The second kappa shape index (κ2) is 4.30. The summed E-state index contributed by atoms with van der Waals surface area (Å²) >= 11 is 1.90. The lowest BCUT2D eigenvalue weighted by Gasteiger charge is -2.10. The second-order valence-electron chi connectivity index (χ2n) is 5.42. The van der Waals surface area contributed by atoms with Crippen molar-refractivity contribution in [3.8, 4) is 0 Å². The molecule has 98 valence electrons. The molecule has 1 saturated carbocycles. The average Bonchev–Trinajstić information content (AvgIpc) is 3.10. The molecule has 2 heterocycles. The minimum absolute atomic E-state index is 0.164. The van der Waals surface area contributed by atoms with Crippen molar-refractivity contribution in [1.29, 1.82) is 0 Å². The van der Waals surface area contributed by atoms with Crippen molar-refractivity contribution < 1.29 is 0 Å². The van der Waals surface area contributed by atoms with E-state index in [4.69, 9.17) is 0 Å². The number of hydrogen-bond acceptors (Lipinski definition) is 2. The van der Waals surface area contributed by atoms with Gasteiger partial charge in [0, 0.05) is 41.5 Å². The lowest BCUT2D eigenvalue weighted by molar-refractivity contribution is 0.566. The molecule has 0 spiro atoms. The molecular weight excluding hydrogens is 256 g/mol. The number of thioether (sulfide) groups is 1. The molecule has 2 aliphatic rings. The number of rotatable bonds is 3. The van der Waals surface area contributed by atoms with E-state index in [2.05, 4.69) is 24.3 Å². The van der Waals surface area contributed by atoms with Gasteiger partial charge in [0.05, 0.1) is 0 Å². The summed E-state index contributed by atoms with van der Waals surface area (Å²) in [7, 11) is 0. The van der Waals surface area contributed by atoms with Crippen LogP contribution in [0.4, 0.5) is 0 Å². The molecule has 1 fully saturated rings. The van der Waals surface area contributed by atoms with Crippen LogP contribution in [0.2, 0.25) is 0 Å². The molecule has 1 aromatic heterocycles. The van der Waals surface area contributed by atoms with Crippen LogP contribution in [-0.2, 0) is 6.54 Å². The topological polar surface area (TPSA) is 26.9 Å². The molecule has 4 heteroatoms. The van der Waals surface area contributed by atoms with Crippen LogP contribution >= 0.6 is 11.8 Å². The molecule has 1 aromatic carbocycles. The molecule has 0 radical (unpaired) electrons. The normalized spacial score (nSPS) is 21.6. The number of aromatic nitrogens is 2. The summed E-state index contributed by atoms with van der Waals surface area (Å²) in [5.74, 6) is 1.55. The number of imidazole rings is 1. The van der Waals surface area contributed by atoms with E-state index in [1.807, 2.05) is 33.3 Å². The SMILES string of the molecule is O=c1n(CC2CSc3ccccc32)ccn1C1CC1. The standard InChI is InChI=1S/C15H16N2OS/c18-15-16(7-8-17(15)12-5-6-12)9-11-10-19-14-4-2-1-3-13(11)14/h1-4,7-8,11-12H,5-6,9-10H2. The minimum Gasteiger partial charge on any atom is -0.299 e. The quantitative estimate of drug-likeness (QED) is 0.859. The van der Waals surface area contributed by atoms with Crippen LogP contribution in [0.1, 0.15) is 30.4 Å². The largest absolute Gasteiger partial charge is 0.328 e. The summed E-state index contributed by atoms with van der Waals surface area (Å²) in [6.45, 7) is 0.808. The average molecular weight is 272 g/mol. The van der Waals surface area contributed by atoms with E-state index in [0.29, 0.717) is 12.0 Å². The highest BCUT2D eigenvalue weighted by molar-refractivity contribution is 7.99. The number of fused-ring (bicyclic) bond motifs is 1. The molecule has 2 aromatic rings. The first-order valence-electron chi connectivity index (χ1n) is 6.82. The zero-order valence-corrected chi connectivity index (χ0v) is 11.5. The Morgan fingerprint density at radius 2 is 2.05 bits per heavy atom. The molecular formula is C15H16N2OS. The molecule has 1 atom stereocenters.